The van der Waals surface area contributed by atoms with Crippen LogP contribution in [0.4, 0.5) is 0 Å². The Kier molecular flexibility index (Phi) is 6.58. The predicted molar refractivity (Wildman–Crippen MR) is 72.1 cm³/mol. The van der Waals surface area contributed by atoms with E-state index in [2.05, 4.69) is 15.4 Å². The number of carbonyl (C=O) groups excluding carboxylic acids is 1. The number of nitrogens with one attached hydrogen (secondary N) is 1. The van der Waals surface area contributed by atoms with Gasteiger partial charge in [-0.15, -0.1) is 0 Å². The first-order valence-electron chi connectivity index (χ1n) is 6.61. The molecule has 0 aromatic heterocycles. The van der Waals surface area contributed by atoms with Crippen LogP contribution >= 0.6 is 0 Å². The van der Waals surface area contributed by atoms with Gasteiger partial charge in [0.1, 0.15) is 6.61 Å². The van der Waals surface area contributed by atoms with Crippen molar-refractivity contribution in [3.63, 3.8) is 0 Å². The third-order valence-corrected chi connectivity index (χ3v) is 3.01. The number of nitrogens with zero attached hydrogens (tertiary/aromatic N) is 2. The molecule has 1 fully saturated rings. The Morgan fingerprint density at radius 1 is 1.53 bits per heavy atom. The van der Waals surface area contributed by atoms with Crippen LogP contribution in [0.2, 0.25) is 0 Å². The van der Waals surface area contributed by atoms with E-state index in [0.29, 0.717) is 6.54 Å². The SMILES string of the molecule is CC(C)OCC(=O)NC1CCN(CC(N)=NO)CC1. The zero-order chi connectivity index (χ0) is 14.3. The molecule has 19 heavy (non-hydrogen) atoms. The van der Waals surface area contributed by atoms with Gasteiger partial charge in [0.25, 0.3) is 0 Å². The first-order chi connectivity index (χ1) is 9.01. The molecule has 1 amide bonds. The van der Waals surface area contributed by atoms with Crippen LogP contribution in [0.15, 0.2) is 5.16 Å². The molecule has 1 rings (SSSR count). The van der Waals surface area contributed by atoms with Crippen LogP contribution in [0.25, 0.3) is 0 Å². The molecule has 0 atom stereocenters. The third kappa shape index (κ3) is 6.40. The van der Waals surface area contributed by atoms with Crippen molar-refractivity contribution < 1.29 is 14.7 Å². The van der Waals surface area contributed by atoms with Crippen LogP contribution in [0.3, 0.4) is 0 Å². The topological polar surface area (TPSA) is 100 Å². The summed E-state index contributed by atoms with van der Waals surface area (Å²) in [6.45, 7) is 6.03. The van der Waals surface area contributed by atoms with Crippen molar-refractivity contribution in [1.82, 2.24) is 10.2 Å². The van der Waals surface area contributed by atoms with Crippen LogP contribution in [0.1, 0.15) is 26.7 Å². The normalized spacial score (nSPS) is 18.8. The molecule has 0 radical (unpaired) electrons. The highest BCUT2D eigenvalue weighted by Crippen LogP contribution is 2.09. The van der Waals surface area contributed by atoms with Crippen LogP contribution in [-0.4, -0.2) is 60.2 Å². The van der Waals surface area contributed by atoms with Crippen LogP contribution in [-0.2, 0) is 9.53 Å². The molecule has 1 heterocycles. The minimum absolute atomic E-state index is 0.0633. The lowest BCUT2D eigenvalue weighted by atomic mass is 10.1. The highest BCUT2D eigenvalue weighted by atomic mass is 16.5. The molecule has 0 unspecified atom stereocenters. The molecule has 0 saturated carbocycles. The van der Waals surface area contributed by atoms with Gasteiger partial charge in [-0.05, 0) is 26.7 Å². The van der Waals surface area contributed by atoms with Gasteiger partial charge in [0.2, 0.25) is 5.91 Å². The van der Waals surface area contributed by atoms with Gasteiger partial charge >= 0.3 is 0 Å². The van der Waals surface area contributed by atoms with Gasteiger partial charge in [0, 0.05) is 19.1 Å². The second-order valence-corrected chi connectivity index (χ2v) is 5.07. The fourth-order valence-electron chi connectivity index (χ4n) is 2.01. The Labute approximate surface area is 113 Å². The number of hydrogen-bond donors (Lipinski definition) is 3. The summed E-state index contributed by atoms with van der Waals surface area (Å²) in [5.41, 5.74) is 5.46. The molecule has 4 N–H and O–H groups in total. The van der Waals surface area contributed by atoms with Crippen molar-refractivity contribution in [2.45, 2.75) is 38.8 Å². The molecule has 110 valence electrons. The first kappa shape index (κ1) is 15.7. The van der Waals surface area contributed by atoms with Crippen molar-refractivity contribution in [3.8, 4) is 0 Å². The molecule has 1 saturated heterocycles. The van der Waals surface area contributed by atoms with Crippen molar-refractivity contribution in [2.75, 3.05) is 26.2 Å². The van der Waals surface area contributed by atoms with Gasteiger partial charge in [-0.1, -0.05) is 5.16 Å². The number of oxime groups is 1. The Balaban J connectivity index is 2.21. The quantitative estimate of drug-likeness (QED) is 0.268. The number of amides is 1. The van der Waals surface area contributed by atoms with Crippen LogP contribution in [0, 0.1) is 0 Å². The molecule has 0 aromatic rings. The largest absolute Gasteiger partial charge is 0.409 e. The van der Waals surface area contributed by atoms with Gasteiger partial charge < -0.3 is 21.0 Å². The summed E-state index contributed by atoms with van der Waals surface area (Å²) in [6, 6.07) is 0.187. The summed E-state index contributed by atoms with van der Waals surface area (Å²) in [5, 5.41) is 14.4. The summed E-state index contributed by atoms with van der Waals surface area (Å²) in [5.74, 6) is 0.149. The van der Waals surface area contributed by atoms with Crippen LogP contribution in [0.5, 0.6) is 0 Å². The van der Waals surface area contributed by atoms with E-state index >= 15 is 0 Å². The number of nitrogens with two attached hydrogens (primary N) is 1. The average molecular weight is 272 g/mol. The van der Waals surface area contributed by atoms with E-state index in [1.165, 1.54) is 0 Å². The highest BCUT2D eigenvalue weighted by molar-refractivity contribution is 5.81. The Bertz CT molecular complexity index is 312. The molecule has 1 aliphatic heterocycles. The number of hydrogen-bond acceptors (Lipinski definition) is 5. The summed E-state index contributed by atoms with van der Waals surface area (Å²) < 4.78 is 5.25. The summed E-state index contributed by atoms with van der Waals surface area (Å²) in [7, 11) is 0. The van der Waals surface area contributed by atoms with Crippen LogP contribution < -0.4 is 11.1 Å². The number of ether oxygens (including phenoxy) is 1. The molecule has 0 spiro atoms. The summed E-state index contributed by atoms with van der Waals surface area (Å²) in [4.78, 5) is 13.7. The van der Waals surface area contributed by atoms with E-state index in [1.807, 2.05) is 13.8 Å². The minimum atomic E-state index is -0.0661. The number of amidine groups is 1. The Morgan fingerprint density at radius 2 is 2.16 bits per heavy atom. The van der Waals surface area contributed by atoms with Crippen molar-refractivity contribution in [3.05, 3.63) is 0 Å². The van der Waals surface area contributed by atoms with Gasteiger partial charge in [-0.3, -0.25) is 9.69 Å². The summed E-state index contributed by atoms with van der Waals surface area (Å²) in [6.07, 6.45) is 1.80. The maximum atomic E-state index is 11.6. The zero-order valence-corrected chi connectivity index (χ0v) is 11.6. The standard InChI is InChI=1S/C12H24N4O3/c1-9(2)19-8-12(17)14-10-3-5-16(6-4-10)7-11(13)15-18/h9-10,18H,3-8H2,1-2H3,(H2,13,15)(H,14,17). The maximum Gasteiger partial charge on any atom is 0.246 e. The van der Waals surface area contributed by atoms with Crippen molar-refractivity contribution in [1.29, 1.82) is 0 Å². The minimum Gasteiger partial charge on any atom is -0.409 e. The van der Waals surface area contributed by atoms with Gasteiger partial charge in [0.15, 0.2) is 5.84 Å². The zero-order valence-electron chi connectivity index (χ0n) is 11.6. The molecule has 7 nitrogen and oxygen atoms in total. The number of piperidine rings is 1. The smallest absolute Gasteiger partial charge is 0.246 e. The fourth-order valence-corrected chi connectivity index (χ4v) is 2.01. The van der Waals surface area contributed by atoms with Gasteiger partial charge in [-0.25, -0.2) is 0 Å². The Hall–Kier alpha value is -1.34. The van der Waals surface area contributed by atoms with Gasteiger partial charge in [0.05, 0.1) is 12.6 Å². The van der Waals surface area contributed by atoms with E-state index in [9.17, 15) is 4.79 Å². The number of carbonyl (C=O) groups is 1. The molecule has 0 aliphatic carbocycles. The molecular weight excluding hydrogens is 248 g/mol. The van der Waals surface area contributed by atoms with E-state index in [0.717, 1.165) is 25.9 Å². The second kappa shape index (κ2) is 7.96. The lowest BCUT2D eigenvalue weighted by molar-refractivity contribution is -0.128. The Morgan fingerprint density at radius 3 is 2.68 bits per heavy atom. The second-order valence-electron chi connectivity index (χ2n) is 5.07. The molecule has 0 bridgehead atoms. The monoisotopic (exact) mass is 272 g/mol. The molecule has 1 aliphatic rings. The maximum absolute atomic E-state index is 11.6. The first-order valence-corrected chi connectivity index (χ1v) is 6.61. The fraction of sp³-hybridized carbons (Fsp3) is 0.833. The summed E-state index contributed by atoms with van der Waals surface area (Å²) >= 11 is 0. The van der Waals surface area contributed by atoms with E-state index in [1.54, 1.807) is 0 Å². The van der Waals surface area contributed by atoms with Gasteiger partial charge in [-0.2, -0.15) is 0 Å². The number of likely N-dealkylation sites (tertiary alicyclic amines) is 1. The van der Waals surface area contributed by atoms with Crippen molar-refractivity contribution >= 4 is 11.7 Å². The highest BCUT2D eigenvalue weighted by Gasteiger charge is 2.21. The molecule has 0 aromatic carbocycles. The molecule has 7 heteroatoms. The van der Waals surface area contributed by atoms with Crippen molar-refractivity contribution in [2.24, 2.45) is 10.9 Å². The lowest BCUT2D eigenvalue weighted by Gasteiger charge is -2.31. The van der Waals surface area contributed by atoms with E-state index in [4.69, 9.17) is 15.7 Å². The van der Waals surface area contributed by atoms with E-state index in [-0.39, 0.29) is 30.5 Å². The van der Waals surface area contributed by atoms with E-state index < -0.39 is 0 Å². The predicted octanol–water partition coefficient (Wildman–Crippen LogP) is -0.262. The molecular formula is C12H24N4O3. The lowest BCUT2D eigenvalue weighted by Crippen LogP contribution is -2.47. The third-order valence-electron chi connectivity index (χ3n) is 3.01. The average Bonchev–Trinajstić information content (AvgIpc) is 2.38. The number of rotatable bonds is 6.